The third-order valence-electron chi connectivity index (χ3n) is 4.59. The average Bonchev–Trinajstić information content (AvgIpc) is 2.67. The minimum Gasteiger partial charge on any atom is -0.488 e. The smallest absolute Gasteiger partial charge is 0.410 e. The molecule has 2 aromatic rings. The number of carbonyl (C=O) groups excluding carboxylic acids is 2. The van der Waals surface area contributed by atoms with E-state index in [0.717, 1.165) is 11.1 Å². The number of likely N-dealkylation sites (tertiary alicyclic amines) is 1. The molecule has 0 radical (unpaired) electrons. The first kappa shape index (κ1) is 21.4. The number of nitrogens with one attached hydrogen (secondary N) is 1. The van der Waals surface area contributed by atoms with Crippen molar-refractivity contribution in [3.05, 3.63) is 71.8 Å². The van der Waals surface area contributed by atoms with Crippen LogP contribution in [0.3, 0.4) is 0 Å². The van der Waals surface area contributed by atoms with Crippen LogP contribution >= 0.6 is 0 Å². The largest absolute Gasteiger partial charge is 0.488 e. The molecule has 0 aromatic heterocycles. The molecule has 0 atom stereocenters. The van der Waals surface area contributed by atoms with E-state index in [9.17, 15) is 9.59 Å². The lowest BCUT2D eigenvalue weighted by Gasteiger charge is -2.40. The van der Waals surface area contributed by atoms with Gasteiger partial charge in [0.2, 0.25) is 0 Å². The van der Waals surface area contributed by atoms with Gasteiger partial charge < -0.3 is 19.7 Å². The molecule has 2 amide bonds. The predicted octanol–water partition coefficient (Wildman–Crippen LogP) is 4.26. The molecule has 3 rings (SSSR count). The van der Waals surface area contributed by atoms with Crippen molar-refractivity contribution in [2.75, 3.05) is 13.1 Å². The molecule has 30 heavy (non-hydrogen) atoms. The van der Waals surface area contributed by atoms with Gasteiger partial charge in [-0.1, -0.05) is 49.1 Å². The molecule has 0 unspecified atom stereocenters. The Bertz CT molecular complexity index is 913. The van der Waals surface area contributed by atoms with Gasteiger partial charge in [-0.15, -0.1) is 0 Å². The second-order valence-corrected chi connectivity index (χ2v) is 8.29. The minimum absolute atomic E-state index is 0.119. The fraction of sp³-hybridized carbons (Fsp3) is 0.333. The normalized spacial score (nSPS) is 13.9. The van der Waals surface area contributed by atoms with Gasteiger partial charge in [0.15, 0.2) is 0 Å². The Morgan fingerprint density at radius 2 is 1.87 bits per heavy atom. The van der Waals surface area contributed by atoms with E-state index in [-0.39, 0.29) is 18.0 Å². The Kier molecular flexibility index (Phi) is 6.45. The first-order valence-electron chi connectivity index (χ1n) is 9.97. The molecule has 2 aromatic carbocycles. The summed E-state index contributed by atoms with van der Waals surface area (Å²) in [6.45, 7) is 10.5. The van der Waals surface area contributed by atoms with Crippen LogP contribution in [0.4, 0.5) is 4.79 Å². The number of hydrogen-bond acceptors (Lipinski definition) is 4. The molecule has 0 bridgehead atoms. The Hall–Kier alpha value is -3.28. The van der Waals surface area contributed by atoms with Crippen molar-refractivity contribution in [1.29, 1.82) is 0 Å². The van der Waals surface area contributed by atoms with E-state index in [4.69, 9.17) is 9.47 Å². The quantitative estimate of drug-likeness (QED) is 0.776. The van der Waals surface area contributed by atoms with Gasteiger partial charge >= 0.3 is 6.09 Å². The zero-order valence-corrected chi connectivity index (χ0v) is 17.7. The average molecular weight is 408 g/mol. The standard InChI is InChI=1S/C24H28N2O4/c1-5-17-11-12-20(21(13-17)29-16-18-9-7-6-8-10-18)22(27)25-19-14-26(15-19)23(28)30-24(2,3)4/h5-13,19H,1,14-16H2,2-4H3,(H,25,27). The zero-order chi connectivity index (χ0) is 21.7. The highest BCUT2D eigenvalue weighted by atomic mass is 16.6. The Morgan fingerprint density at radius 1 is 1.17 bits per heavy atom. The molecular weight excluding hydrogens is 380 g/mol. The highest BCUT2D eigenvalue weighted by Gasteiger charge is 2.35. The lowest BCUT2D eigenvalue weighted by atomic mass is 10.1. The Labute approximate surface area is 177 Å². The van der Waals surface area contributed by atoms with Crippen molar-refractivity contribution in [3.63, 3.8) is 0 Å². The van der Waals surface area contributed by atoms with Crippen molar-refractivity contribution >= 4 is 18.1 Å². The van der Waals surface area contributed by atoms with Gasteiger partial charge in [-0.25, -0.2) is 4.79 Å². The molecule has 1 N–H and O–H groups in total. The summed E-state index contributed by atoms with van der Waals surface area (Å²) in [6, 6.07) is 15.0. The van der Waals surface area contributed by atoms with Crippen LogP contribution < -0.4 is 10.1 Å². The first-order chi connectivity index (χ1) is 14.2. The SMILES string of the molecule is C=Cc1ccc(C(=O)NC2CN(C(=O)OC(C)(C)C)C2)c(OCc2ccccc2)c1. The zero-order valence-electron chi connectivity index (χ0n) is 17.7. The number of ether oxygens (including phenoxy) is 2. The maximum absolute atomic E-state index is 12.8. The summed E-state index contributed by atoms with van der Waals surface area (Å²) in [7, 11) is 0. The second-order valence-electron chi connectivity index (χ2n) is 8.29. The van der Waals surface area contributed by atoms with Crippen molar-refractivity contribution in [3.8, 4) is 5.75 Å². The maximum atomic E-state index is 12.8. The van der Waals surface area contributed by atoms with Gasteiger partial charge in [-0.3, -0.25) is 4.79 Å². The van der Waals surface area contributed by atoms with E-state index in [1.54, 1.807) is 23.1 Å². The van der Waals surface area contributed by atoms with E-state index >= 15 is 0 Å². The molecule has 1 aliphatic rings. The van der Waals surface area contributed by atoms with E-state index in [2.05, 4.69) is 11.9 Å². The summed E-state index contributed by atoms with van der Waals surface area (Å²) in [5.74, 6) is 0.264. The highest BCUT2D eigenvalue weighted by Crippen LogP contribution is 2.23. The molecule has 0 spiro atoms. The van der Waals surface area contributed by atoms with Crippen LogP contribution in [0, 0.1) is 0 Å². The fourth-order valence-electron chi connectivity index (χ4n) is 3.02. The molecule has 1 heterocycles. The van der Waals surface area contributed by atoms with Crippen molar-refractivity contribution in [2.24, 2.45) is 0 Å². The summed E-state index contributed by atoms with van der Waals surface area (Å²) < 4.78 is 11.3. The summed E-state index contributed by atoms with van der Waals surface area (Å²) in [5, 5.41) is 2.96. The molecule has 1 saturated heterocycles. The molecular formula is C24H28N2O4. The summed E-state index contributed by atoms with van der Waals surface area (Å²) >= 11 is 0. The summed E-state index contributed by atoms with van der Waals surface area (Å²) in [5.41, 5.74) is 1.80. The van der Waals surface area contributed by atoms with Crippen molar-refractivity contribution in [2.45, 2.75) is 39.0 Å². The first-order valence-corrected chi connectivity index (χ1v) is 9.97. The Morgan fingerprint density at radius 3 is 2.50 bits per heavy atom. The van der Waals surface area contributed by atoms with Gasteiger partial charge in [-0.2, -0.15) is 0 Å². The molecule has 0 aliphatic carbocycles. The molecule has 1 aliphatic heterocycles. The van der Waals surface area contributed by atoms with Crippen molar-refractivity contribution < 1.29 is 19.1 Å². The van der Waals surface area contributed by atoms with Gasteiger partial charge in [0.25, 0.3) is 5.91 Å². The molecule has 1 fully saturated rings. The monoisotopic (exact) mass is 408 g/mol. The van der Waals surface area contributed by atoms with Gasteiger partial charge in [0, 0.05) is 13.1 Å². The number of amides is 2. The molecule has 6 heteroatoms. The lowest BCUT2D eigenvalue weighted by molar-refractivity contribution is 0.00531. The summed E-state index contributed by atoms with van der Waals surface area (Å²) in [6.07, 6.45) is 1.34. The number of rotatable bonds is 6. The van der Waals surface area contributed by atoms with Gasteiger partial charge in [-0.05, 0) is 44.0 Å². The highest BCUT2D eigenvalue weighted by molar-refractivity contribution is 5.97. The summed E-state index contributed by atoms with van der Waals surface area (Å²) in [4.78, 5) is 26.5. The number of nitrogens with zero attached hydrogens (tertiary/aromatic N) is 1. The number of hydrogen-bond donors (Lipinski definition) is 1. The second kappa shape index (κ2) is 9.03. The Balaban J connectivity index is 1.61. The lowest BCUT2D eigenvalue weighted by Crippen LogP contribution is -2.61. The number of benzene rings is 2. The van der Waals surface area contributed by atoms with Crippen LogP contribution in [-0.4, -0.2) is 41.6 Å². The van der Waals surface area contributed by atoms with E-state index in [1.807, 2.05) is 57.2 Å². The topological polar surface area (TPSA) is 67.9 Å². The van der Waals surface area contributed by atoms with E-state index in [1.165, 1.54) is 0 Å². The van der Waals surface area contributed by atoms with Crippen LogP contribution in [0.1, 0.15) is 42.3 Å². The van der Waals surface area contributed by atoms with Crippen LogP contribution in [0.2, 0.25) is 0 Å². The number of carbonyl (C=O) groups is 2. The van der Waals surface area contributed by atoms with Crippen LogP contribution in [0.15, 0.2) is 55.1 Å². The molecule has 6 nitrogen and oxygen atoms in total. The molecule has 0 saturated carbocycles. The maximum Gasteiger partial charge on any atom is 0.410 e. The molecule has 158 valence electrons. The van der Waals surface area contributed by atoms with Gasteiger partial charge in [0.05, 0.1) is 11.6 Å². The third-order valence-corrected chi connectivity index (χ3v) is 4.59. The van der Waals surface area contributed by atoms with E-state index < -0.39 is 5.60 Å². The fourth-order valence-corrected chi connectivity index (χ4v) is 3.02. The van der Waals surface area contributed by atoms with Crippen LogP contribution in [0.5, 0.6) is 5.75 Å². The van der Waals surface area contributed by atoms with Crippen LogP contribution in [0.25, 0.3) is 6.08 Å². The third kappa shape index (κ3) is 5.63. The van der Waals surface area contributed by atoms with Gasteiger partial charge in [0.1, 0.15) is 18.0 Å². The van der Waals surface area contributed by atoms with Crippen molar-refractivity contribution in [1.82, 2.24) is 10.2 Å². The predicted molar refractivity (Wildman–Crippen MR) is 116 cm³/mol. The minimum atomic E-state index is -0.538. The van der Waals surface area contributed by atoms with E-state index in [0.29, 0.717) is 31.0 Å². The van der Waals surface area contributed by atoms with Crippen LogP contribution in [-0.2, 0) is 11.3 Å².